The van der Waals surface area contributed by atoms with Crippen LogP contribution in [0, 0.1) is 10.1 Å². The van der Waals surface area contributed by atoms with Gasteiger partial charge in [-0.2, -0.15) is 0 Å². The molecule has 0 bridgehead atoms. The highest BCUT2D eigenvalue weighted by atomic mass is 16.6. The molecule has 2 rings (SSSR count). The van der Waals surface area contributed by atoms with Gasteiger partial charge in [-0.25, -0.2) is 0 Å². The number of carbonyl (C=O) groups excluding carboxylic acids is 1. The summed E-state index contributed by atoms with van der Waals surface area (Å²) in [6.45, 7) is 0.665. The van der Waals surface area contributed by atoms with Gasteiger partial charge < -0.3 is 15.7 Å². The summed E-state index contributed by atoms with van der Waals surface area (Å²) >= 11 is 0. The largest absolute Gasteiger partial charge is 0.399 e. The molecule has 3 N–H and O–H groups in total. The topological polar surface area (TPSA) is 110 Å². The maximum Gasteiger partial charge on any atom is 0.282 e. The van der Waals surface area contributed by atoms with Crippen molar-refractivity contribution in [2.24, 2.45) is 0 Å². The minimum atomic E-state index is -0.564. The van der Waals surface area contributed by atoms with Gasteiger partial charge in [-0.3, -0.25) is 14.9 Å². The standard InChI is InChI=1S/C14H19N3O4/c15-10-5-6-13(17(20)21)12(9-10)14(19)16-7-1-3-11(16)4-2-8-18/h5-6,9,11,18H,1-4,7-8,15H2. The first-order chi connectivity index (χ1) is 10.0. The molecular weight excluding hydrogens is 274 g/mol. The lowest BCUT2D eigenvalue weighted by atomic mass is 10.1. The number of hydrogen-bond acceptors (Lipinski definition) is 5. The van der Waals surface area contributed by atoms with Crippen molar-refractivity contribution in [2.45, 2.75) is 31.7 Å². The fourth-order valence-corrected chi connectivity index (χ4v) is 2.77. The zero-order valence-electron chi connectivity index (χ0n) is 11.7. The van der Waals surface area contributed by atoms with Gasteiger partial charge in [0.15, 0.2) is 0 Å². The van der Waals surface area contributed by atoms with Crippen molar-refractivity contribution >= 4 is 17.3 Å². The number of hydrogen-bond donors (Lipinski definition) is 2. The predicted octanol–water partition coefficient (Wildman–Crippen LogP) is 1.55. The molecule has 0 saturated carbocycles. The first-order valence-corrected chi connectivity index (χ1v) is 7.00. The molecule has 7 heteroatoms. The highest BCUT2D eigenvalue weighted by Gasteiger charge is 2.32. The molecule has 0 aromatic heterocycles. The third kappa shape index (κ3) is 3.30. The number of amides is 1. The number of carbonyl (C=O) groups is 1. The van der Waals surface area contributed by atoms with E-state index in [0.29, 0.717) is 25.1 Å². The average molecular weight is 293 g/mol. The number of aliphatic hydroxyl groups is 1. The van der Waals surface area contributed by atoms with E-state index in [2.05, 4.69) is 0 Å². The third-order valence-electron chi connectivity index (χ3n) is 3.78. The molecule has 1 heterocycles. The van der Waals surface area contributed by atoms with Crippen LogP contribution in [-0.4, -0.2) is 40.0 Å². The number of likely N-dealkylation sites (tertiary alicyclic amines) is 1. The molecule has 1 fully saturated rings. The summed E-state index contributed by atoms with van der Waals surface area (Å²) in [5, 5.41) is 20.0. The van der Waals surface area contributed by atoms with Crippen LogP contribution >= 0.6 is 0 Å². The van der Waals surface area contributed by atoms with Gasteiger partial charge in [0.05, 0.1) is 4.92 Å². The van der Waals surface area contributed by atoms with Crippen LogP contribution in [0.1, 0.15) is 36.0 Å². The Kier molecular flexibility index (Phi) is 4.74. The Morgan fingerprint density at radius 3 is 2.95 bits per heavy atom. The van der Waals surface area contributed by atoms with Crippen molar-refractivity contribution in [3.63, 3.8) is 0 Å². The number of nitrogen functional groups attached to an aromatic ring is 1. The highest BCUT2D eigenvalue weighted by molar-refractivity contribution is 5.99. The lowest BCUT2D eigenvalue weighted by Crippen LogP contribution is -2.36. The molecule has 114 valence electrons. The molecule has 1 aliphatic rings. The van der Waals surface area contributed by atoms with Crippen molar-refractivity contribution < 1.29 is 14.8 Å². The van der Waals surface area contributed by atoms with Crippen molar-refractivity contribution in [1.82, 2.24) is 4.90 Å². The Morgan fingerprint density at radius 2 is 2.29 bits per heavy atom. The lowest BCUT2D eigenvalue weighted by molar-refractivity contribution is -0.385. The normalized spacial score (nSPS) is 18.0. The van der Waals surface area contributed by atoms with E-state index in [4.69, 9.17) is 10.8 Å². The second kappa shape index (κ2) is 6.53. The molecule has 1 saturated heterocycles. The first kappa shape index (κ1) is 15.2. The Hall–Kier alpha value is -2.15. The fourth-order valence-electron chi connectivity index (χ4n) is 2.77. The summed E-state index contributed by atoms with van der Waals surface area (Å²) in [7, 11) is 0. The number of anilines is 1. The number of nitro groups is 1. The van der Waals surface area contributed by atoms with Gasteiger partial charge in [-0.1, -0.05) is 0 Å². The van der Waals surface area contributed by atoms with E-state index in [1.54, 1.807) is 4.90 Å². The summed E-state index contributed by atoms with van der Waals surface area (Å²) in [6.07, 6.45) is 3.06. The number of benzene rings is 1. The Morgan fingerprint density at radius 1 is 1.52 bits per heavy atom. The average Bonchev–Trinajstić information content (AvgIpc) is 2.92. The lowest BCUT2D eigenvalue weighted by Gasteiger charge is -2.24. The first-order valence-electron chi connectivity index (χ1n) is 7.00. The summed E-state index contributed by atoms with van der Waals surface area (Å²) in [4.78, 5) is 24.8. The van der Waals surface area contributed by atoms with E-state index in [1.165, 1.54) is 18.2 Å². The molecule has 1 amide bonds. The quantitative estimate of drug-likeness (QED) is 0.486. The van der Waals surface area contributed by atoms with Gasteiger partial charge >= 0.3 is 0 Å². The molecule has 7 nitrogen and oxygen atoms in total. The molecule has 1 aromatic carbocycles. The molecule has 0 spiro atoms. The maximum atomic E-state index is 12.6. The number of nitrogens with two attached hydrogens (primary N) is 1. The van der Waals surface area contributed by atoms with E-state index in [9.17, 15) is 14.9 Å². The van der Waals surface area contributed by atoms with E-state index in [1.807, 2.05) is 0 Å². The Bertz CT molecular complexity index is 547. The number of nitrogens with zero attached hydrogens (tertiary/aromatic N) is 2. The van der Waals surface area contributed by atoms with Crippen LogP contribution in [0.15, 0.2) is 18.2 Å². The number of rotatable bonds is 5. The summed E-state index contributed by atoms with van der Waals surface area (Å²) < 4.78 is 0. The van der Waals surface area contributed by atoms with Crippen LogP contribution in [0.25, 0.3) is 0 Å². The molecule has 0 aliphatic carbocycles. The summed E-state index contributed by atoms with van der Waals surface area (Å²) in [5.41, 5.74) is 5.80. The Balaban J connectivity index is 2.26. The van der Waals surface area contributed by atoms with Crippen LogP contribution in [0.3, 0.4) is 0 Å². The van der Waals surface area contributed by atoms with Gasteiger partial charge in [0, 0.05) is 30.9 Å². The van der Waals surface area contributed by atoms with Crippen LogP contribution in [0.5, 0.6) is 0 Å². The SMILES string of the molecule is Nc1ccc([N+](=O)[O-])c(C(=O)N2CCCC2CCCO)c1. The molecule has 1 atom stereocenters. The van der Waals surface area contributed by atoms with Crippen molar-refractivity contribution in [1.29, 1.82) is 0 Å². The minimum absolute atomic E-state index is 0.0330. The summed E-state index contributed by atoms with van der Waals surface area (Å²) in [5.74, 6) is -0.352. The van der Waals surface area contributed by atoms with Crippen molar-refractivity contribution in [3.8, 4) is 0 Å². The van der Waals surface area contributed by atoms with E-state index < -0.39 is 4.92 Å². The number of aliphatic hydroxyl groups excluding tert-OH is 1. The van der Waals surface area contributed by atoms with E-state index in [-0.39, 0.29) is 29.8 Å². The molecule has 1 aliphatic heterocycles. The van der Waals surface area contributed by atoms with Crippen LogP contribution in [0.2, 0.25) is 0 Å². The Labute approximate surface area is 122 Å². The third-order valence-corrected chi connectivity index (χ3v) is 3.78. The zero-order chi connectivity index (χ0) is 15.4. The van der Waals surface area contributed by atoms with Gasteiger partial charge in [0.2, 0.25) is 0 Å². The van der Waals surface area contributed by atoms with Crippen molar-refractivity contribution in [2.75, 3.05) is 18.9 Å². The second-order valence-corrected chi connectivity index (χ2v) is 5.19. The van der Waals surface area contributed by atoms with Crippen LogP contribution in [-0.2, 0) is 0 Å². The predicted molar refractivity (Wildman–Crippen MR) is 77.9 cm³/mol. The minimum Gasteiger partial charge on any atom is -0.399 e. The molecule has 0 radical (unpaired) electrons. The molecule has 1 unspecified atom stereocenters. The molecule has 21 heavy (non-hydrogen) atoms. The zero-order valence-corrected chi connectivity index (χ0v) is 11.7. The van der Waals surface area contributed by atoms with Crippen LogP contribution < -0.4 is 5.73 Å². The van der Waals surface area contributed by atoms with Gasteiger partial charge in [-0.05, 0) is 37.8 Å². The molecule has 1 aromatic rings. The molecular formula is C14H19N3O4. The van der Waals surface area contributed by atoms with E-state index >= 15 is 0 Å². The van der Waals surface area contributed by atoms with Crippen LogP contribution in [0.4, 0.5) is 11.4 Å². The summed E-state index contributed by atoms with van der Waals surface area (Å²) in [6, 6.07) is 4.08. The monoisotopic (exact) mass is 293 g/mol. The van der Waals surface area contributed by atoms with Crippen molar-refractivity contribution in [3.05, 3.63) is 33.9 Å². The van der Waals surface area contributed by atoms with E-state index in [0.717, 1.165) is 12.8 Å². The highest BCUT2D eigenvalue weighted by Crippen LogP contribution is 2.28. The van der Waals surface area contributed by atoms with Gasteiger partial charge in [0.25, 0.3) is 11.6 Å². The number of nitro benzene ring substituents is 1. The maximum absolute atomic E-state index is 12.6. The fraction of sp³-hybridized carbons (Fsp3) is 0.500. The second-order valence-electron chi connectivity index (χ2n) is 5.19. The smallest absolute Gasteiger partial charge is 0.282 e. The van der Waals surface area contributed by atoms with Gasteiger partial charge in [0.1, 0.15) is 5.56 Å². The van der Waals surface area contributed by atoms with Gasteiger partial charge in [-0.15, -0.1) is 0 Å².